The maximum atomic E-state index is 14.0. The zero-order valence-corrected chi connectivity index (χ0v) is 27.7. The van der Waals surface area contributed by atoms with Crippen LogP contribution >= 0.6 is 39.1 Å². The summed E-state index contributed by atoms with van der Waals surface area (Å²) in [5.74, 6) is -0.381. The van der Waals surface area contributed by atoms with E-state index in [4.69, 9.17) is 27.9 Å². The van der Waals surface area contributed by atoms with Gasteiger partial charge < -0.3 is 15.0 Å². The predicted molar refractivity (Wildman–Crippen MR) is 171 cm³/mol. The number of nitrogens with one attached hydrogen (secondary N) is 1. The molecule has 0 bridgehead atoms. The summed E-state index contributed by atoms with van der Waals surface area (Å²) >= 11 is 15.6. The van der Waals surface area contributed by atoms with E-state index in [9.17, 15) is 18.0 Å². The lowest BCUT2D eigenvalue weighted by atomic mass is 10.1. The second kappa shape index (κ2) is 15.1. The lowest BCUT2D eigenvalue weighted by molar-refractivity contribution is -0.139. The monoisotopic (exact) mass is 697 g/mol. The molecule has 0 heterocycles. The van der Waals surface area contributed by atoms with E-state index >= 15 is 0 Å². The van der Waals surface area contributed by atoms with Crippen LogP contribution in [-0.2, 0) is 26.2 Å². The molecule has 0 unspecified atom stereocenters. The molecular weight excluding hydrogens is 665 g/mol. The van der Waals surface area contributed by atoms with Crippen LogP contribution in [0.4, 0.5) is 5.69 Å². The Morgan fingerprint density at radius 1 is 0.952 bits per heavy atom. The molecule has 226 valence electrons. The summed E-state index contributed by atoms with van der Waals surface area (Å²) < 4.78 is 35.1. The minimum absolute atomic E-state index is 0.000262. The number of carbonyl (C=O) groups is 2. The number of halogens is 3. The van der Waals surface area contributed by atoms with Gasteiger partial charge in [-0.15, -0.1) is 0 Å². The van der Waals surface area contributed by atoms with Crippen LogP contribution in [0.15, 0.2) is 76.1 Å². The van der Waals surface area contributed by atoms with Crippen molar-refractivity contribution >= 4 is 66.7 Å². The molecule has 2 amide bonds. The van der Waals surface area contributed by atoms with Crippen LogP contribution in [0.1, 0.15) is 39.7 Å². The third kappa shape index (κ3) is 8.63. The van der Waals surface area contributed by atoms with Crippen LogP contribution in [0.5, 0.6) is 5.75 Å². The standard InChI is InChI=1S/C30H34BrCl2N3O5S/c1-5-20(3)34-30(38)21(4)35(18-22-7-16-27(32)28(33)17-22)29(37)19-36(24-10-12-25(13-11-24)41-6-2)42(39,40)26-14-8-23(31)9-15-26/h7-17,20-21H,5-6,18-19H2,1-4H3,(H,34,38)/t20-,21-/m1/s1. The summed E-state index contributed by atoms with van der Waals surface area (Å²) in [7, 11) is -4.19. The molecule has 0 saturated carbocycles. The van der Waals surface area contributed by atoms with Gasteiger partial charge in [0.15, 0.2) is 0 Å². The third-order valence-electron chi connectivity index (χ3n) is 6.62. The zero-order valence-electron chi connectivity index (χ0n) is 23.8. The summed E-state index contributed by atoms with van der Waals surface area (Å²) in [6.07, 6.45) is 0.705. The molecule has 0 aliphatic heterocycles. The largest absolute Gasteiger partial charge is 0.494 e. The van der Waals surface area contributed by atoms with E-state index < -0.39 is 28.5 Å². The average Bonchev–Trinajstić information content (AvgIpc) is 2.96. The van der Waals surface area contributed by atoms with E-state index in [1.807, 2.05) is 20.8 Å². The molecule has 0 aromatic heterocycles. The second-order valence-electron chi connectivity index (χ2n) is 9.66. The van der Waals surface area contributed by atoms with Crippen molar-refractivity contribution in [1.82, 2.24) is 10.2 Å². The Kier molecular flexibility index (Phi) is 12.1. The molecule has 0 spiro atoms. The van der Waals surface area contributed by atoms with E-state index in [2.05, 4.69) is 21.2 Å². The van der Waals surface area contributed by atoms with Crippen LogP contribution in [0.2, 0.25) is 10.0 Å². The third-order valence-corrected chi connectivity index (χ3v) is 9.68. The molecule has 0 fully saturated rings. The molecule has 8 nitrogen and oxygen atoms in total. The van der Waals surface area contributed by atoms with Crippen LogP contribution in [0, 0.1) is 0 Å². The summed E-state index contributed by atoms with van der Waals surface area (Å²) in [5, 5.41) is 3.55. The van der Waals surface area contributed by atoms with Crippen molar-refractivity contribution in [3.05, 3.63) is 86.8 Å². The van der Waals surface area contributed by atoms with Gasteiger partial charge in [0, 0.05) is 17.1 Å². The number of carbonyl (C=O) groups excluding carboxylic acids is 2. The minimum Gasteiger partial charge on any atom is -0.494 e. The molecule has 3 rings (SSSR count). The van der Waals surface area contributed by atoms with E-state index in [-0.39, 0.29) is 29.1 Å². The van der Waals surface area contributed by atoms with Crippen molar-refractivity contribution in [2.75, 3.05) is 17.5 Å². The molecular formula is C30H34BrCl2N3O5S. The van der Waals surface area contributed by atoms with Crippen LogP contribution in [-0.4, -0.2) is 50.4 Å². The van der Waals surface area contributed by atoms with Gasteiger partial charge in [0.1, 0.15) is 18.3 Å². The molecule has 1 N–H and O–H groups in total. The molecule has 0 aliphatic carbocycles. The maximum absolute atomic E-state index is 14.0. The molecule has 0 aliphatic rings. The van der Waals surface area contributed by atoms with Gasteiger partial charge in [-0.1, -0.05) is 52.1 Å². The van der Waals surface area contributed by atoms with Gasteiger partial charge in [-0.2, -0.15) is 0 Å². The smallest absolute Gasteiger partial charge is 0.264 e. The van der Waals surface area contributed by atoms with Gasteiger partial charge >= 0.3 is 0 Å². The Morgan fingerprint density at radius 3 is 2.17 bits per heavy atom. The highest BCUT2D eigenvalue weighted by molar-refractivity contribution is 9.10. The van der Waals surface area contributed by atoms with E-state index in [0.29, 0.717) is 38.9 Å². The molecule has 12 heteroatoms. The fourth-order valence-corrected chi connectivity index (χ4v) is 6.02. The fraction of sp³-hybridized carbons (Fsp3) is 0.333. The quantitative estimate of drug-likeness (QED) is 0.215. The van der Waals surface area contributed by atoms with Gasteiger partial charge in [-0.05, 0) is 93.4 Å². The number of sulfonamides is 1. The fourth-order valence-electron chi connectivity index (χ4n) is 4.02. The SMILES string of the molecule is CCOc1ccc(N(CC(=O)N(Cc2ccc(Cl)c(Cl)c2)[C@H](C)C(=O)N[C@H](C)CC)S(=O)(=O)c2ccc(Br)cc2)cc1. The Bertz CT molecular complexity index is 1490. The van der Waals surface area contributed by atoms with Gasteiger partial charge in [0.05, 0.1) is 27.2 Å². The van der Waals surface area contributed by atoms with Gasteiger partial charge in [-0.25, -0.2) is 8.42 Å². The van der Waals surface area contributed by atoms with Gasteiger partial charge in [0.2, 0.25) is 11.8 Å². The van der Waals surface area contributed by atoms with Gasteiger partial charge in [-0.3, -0.25) is 13.9 Å². The number of anilines is 1. The highest BCUT2D eigenvalue weighted by Gasteiger charge is 2.33. The Balaban J connectivity index is 2.04. The number of benzene rings is 3. The van der Waals surface area contributed by atoms with Crippen molar-refractivity contribution in [3.63, 3.8) is 0 Å². The summed E-state index contributed by atoms with van der Waals surface area (Å²) in [5.41, 5.74) is 0.894. The number of hydrogen-bond acceptors (Lipinski definition) is 5. The Labute approximate surface area is 266 Å². The summed E-state index contributed by atoms with van der Waals surface area (Å²) in [6.45, 7) is 7.15. The van der Waals surface area contributed by atoms with Gasteiger partial charge in [0.25, 0.3) is 10.0 Å². The highest BCUT2D eigenvalue weighted by Crippen LogP contribution is 2.28. The molecule has 3 aromatic rings. The summed E-state index contributed by atoms with van der Waals surface area (Å²) in [4.78, 5) is 28.6. The number of hydrogen-bond donors (Lipinski definition) is 1. The van der Waals surface area contributed by atoms with Crippen molar-refractivity contribution < 1.29 is 22.7 Å². The van der Waals surface area contributed by atoms with Crippen molar-refractivity contribution in [2.24, 2.45) is 0 Å². The van der Waals surface area contributed by atoms with Crippen molar-refractivity contribution in [1.29, 1.82) is 0 Å². The van der Waals surface area contributed by atoms with E-state index in [0.717, 1.165) is 4.31 Å². The topological polar surface area (TPSA) is 96.0 Å². The Hall–Kier alpha value is -2.79. The first-order valence-corrected chi connectivity index (χ1v) is 16.4. The normalized spacial score (nSPS) is 12.7. The number of ether oxygens (including phenoxy) is 1. The first kappa shape index (κ1) is 33.7. The lowest BCUT2D eigenvalue weighted by Gasteiger charge is -2.32. The predicted octanol–water partition coefficient (Wildman–Crippen LogP) is 6.68. The summed E-state index contributed by atoms with van der Waals surface area (Å²) in [6, 6.07) is 16.5. The van der Waals surface area contributed by atoms with Crippen LogP contribution < -0.4 is 14.4 Å². The van der Waals surface area contributed by atoms with E-state index in [1.54, 1.807) is 61.5 Å². The maximum Gasteiger partial charge on any atom is 0.264 e. The lowest BCUT2D eigenvalue weighted by Crippen LogP contribution is -2.52. The highest BCUT2D eigenvalue weighted by atomic mass is 79.9. The minimum atomic E-state index is -4.19. The Morgan fingerprint density at radius 2 is 1.60 bits per heavy atom. The number of nitrogens with zero attached hydrogens (tertiary/aromatic N) is 2. The average molecular weight is 699 g/mol. The molecule has 0 saturated heterocycles. The van der Waals surface area contributed by atoms with Crippen LogP contribution in [0.25, 0.3) is 0 Å². The number of amides is 2. The van der Waals surface area contributed by atoms with Crippen molar-refractivity contribution in [3.8, 4) is 5.75 Å². The van der Waals surface area contributed by atoms with Crippen LogP contribution in [0.3, 0.4) is 0 Å². The second-order valence-corrected chi connectivity index (χ2v) is 13.2. The molecule has 2 atom stereocenters. The number of rotatable bonds is 13. The zero-order chi connectivity index (χ0) is 31.0. The first-order valence-electron chi connectivity index (χ1n) is 13.4. The molecule has 0 radical (unpaired) electrons. The van der Waals surface area contributed by atoms with E-state index in [1.165, 1.54) is 17.0 Å². The van der Waals surface area contributed by atoms with Crippen molar-refractivity contribution in [2.45, 2.75) is 57.6 Å². The molecule has 3 aromatic carbocycles. The first-order chi connectivity index (χ1) is 19.9. The molecule has 42 heavy (non-hydrogen) atoms.